The van der Waals surface area contributed by atoms with Crippen molar-refractivity contribution in [2.24, 2.45) is 0 Å². The third-order valence-corrected chi connectivity index (χ3v) is 7.68. The van der Waals surface area contributed by atoms with Crippen LogP contribution in [-0.2, 0) is 32.6 Å². The van der Waals surface area contributed by atoms with Crippen LogP contribution in [0, 0.1) is 0 Å². The van der Waals surface area contributed by atoms with Crippen molar-refractivity contribution in [1.29, 1.82) is 0 Å². The van der Waals surface area contributed by atoms with Gasteiger partial charge in [-0.15, -0.1) is 0 Å². The number of ether oxygens (including phenoxy) is 2. The highest BCUT2D eigenvalue weighted by atomic mass is 35.5. The van der Waals surface area contributed by atoms with E-state index in [9.17, 15) is 18.0 Å². The molecule has 0 fully saturated rings. The number of nitrogens with one attached hydrogen (secondary N) is 1. The topological polar surface area (TPSA) is 105 Å². The number of amides is 2. The van der Waals surface area contributed by atoms with Crippen molar-refractivity contribution in [2.45, 2.75) is 38.9 Å². The van der Waals surface area contributed by atoms with Gasteiger partial charge in [-0.25, -0.2) is 8.42 Å². The number of carbonyl (C=O) groups is 2. The minimum absolute atomic E-state index is 0.0254. The standard InChI is InChI=1S/C29H32ClN3O6S/c1-20(2)31-29(35)25(15-21-7-5-4-6-8-21)32(17-22-9-11-23(30)12-10-22)28(34)18-33(40(3,36)37)24-13-14-26-27(16-24)39-19-38-26/h4-14,16,20,25H,15,17-19H2,1-3H3,(H,31,35)/t25-/m0/s1. The maximum Gasteiger partial charge on any atom is 0.244 e. The van der Waals surface area contributed by atoms with E-state index in [1.165, 1.54) is 11.0 Å². The van der Waals surface area contributed by atoms with Gasteiger partial charge in [-0.2, -0.15) is 0 Å². The van der Waals surface area contributed by atoms with Gasteiger partial charge in [-0.1, -0.05) is 54.1 Å². The lowest BCUT2D eigenvalue weighted by Crippen LogP contribution is -2.54. The maximum absolute atomic E-state index is 14.1. The summed E-state index contributed by atoms with van der Waals surface area (Å²) in [4.78, 5) is 29.0. The summed E-state index contributed by atoms with van der Waals surface area (Å²) in [6, 6.07) is 19.9. The highest BCUT2D eigenvalue weighted by Gasteiger charge is 2.33. The summed E-state index contributed by atoms with van der Waals surface area (Å²) in [7, 11) is -3.89. The van der Waals surface area contributed by atoms with Crippen LogP contribution in [0.25, 0.3) is 0 Å². The van der Waals surface area contributed by atoms with Gasteiger partial charge in [0.05, 0.1) is 11.9 Å². The van der Waals surface area contributed by atoms with E-state index in [0.29, 0.717) is 16.5 Å². The molecule has 0 saturated heterocycles. The molecule has 0 unspecified atom stereocenters. The van der Waals surface area contributed by atoms with Crippen LogP contribution in [0.1, 0.15) is 25.0 Å². The first-order chi connectivity index (χ1) is 19.0. The Balaban J connectivity index is 1.72. The molecule has 0 bridgehead atoms. The summed E-state index contributed by atoms with van der Waals surface area (Å²) in [6.07, 6.45) is 1.27. The molecule has 0 aromatic heterocycles. The number of anilines is 1. The Bertz CT molecular complexity index is 1450. The van der Waals surface area contributed by atoms with Crippen molar-refractivity contribution in [3.8, 4) is 11.5 Å². The van der Waals surface area contributed by atoms with Crippen molar-refractivity contribution >= 4 is 39.1 Å². The van der Waals surface area contributed by atoms with E-state index in [1.807, 2.05) is 44.2 Å². The largest absolute Gasteiger partial charge is 0.454 e. The lowest BCUT2D eigenvalue weighted by molar-refractivity contribution is -0.140. The molecule has 0 radical (unpaired) electrons. The Kier molecular flexibility index (Phi) is 9.21. The van der Waals surface area contributed by atoms with Crippen LogP contribution in [0.5, 0.6) is 11.5 Å². The average Bonchev–Trinajstić information content (AvgIpc) is 3.38. The molecule has 2 amide bonds. The predicted octanol–water partition coefficient (Wildman–Crippen LogP) is 4.00. The van der Waals surface area contributed by atoms with E-state index in [0.717, 1.165) is 21.7 Å². The van der Waals surface area contributed by atoms with Crippen molar-refractivity contribution in [2.75, 3.05) is 23.9 Å². The number of halogens is 1. The van der Waals surface area contributed by atoms with Crippen LogP contribution >= 0.6 is 11.6 Å². The monoisotopic (exact) mass is 585 g/mol. The van der Waals surface area contributed by atoms with Gasteiger partial charge in [0.25, 0.3) is 0 Å². The molecule has 4 rings (SSSR count). The second-order valence-corrected chi connectivity index (χ2v) is 12.2. The van der Waals surface area contributed by atoms with Gasteiger partial charge in [-0.3, -0.25) is 13.9 Å². The number of hydrogen-bond acceptors (Lipinski definition) is 6. The van der Waals surface area contributed by atoms with E-state index in [-0.39, 0.29) is 37.4 Å². The van der Waals surface area contributed by atoms with Gasteiger partial charge >= 0.3 is 0 Å². The van der Waals surface area contributed by atoms with Crippen molar-refractivity contribution in [1.82, 2.24) is 10.2 Å². The van der Waals surface area contributed by atoms with Gasteiger partial charge in [0.15, 0.2) is 11.5 Å². The number of rotatable bonds is 11. The molecule has 0 spiro atoms. The van der Waals surface area contributed by atoms with Crippen LogP contribution in [0.3, 0.4) is 0 Å². The normalized spacial score (nSPS) is 13.1. The second-order valence-electron chi connectivity index (χ2n) is 9.82. The molecule has 3 aromatic rings. The van der Waals surface area contributed by atoms with Crippen LogP contribution in [-0.4, -0.2) is 56.8 Å². The Morgan fingerprint density at radius 2 is 1.62 bits per heavy atom. The Morgan fingerprint density at radius 1 is 0.950 bits per heavy atom. The summed E-state index contributed by atoms with van der Waals surface area (Å²) in [5.74, 6) is -0.0101. The highest BCUT2D eigenvalue weighted by molar-refractivity contribution is 7.92. The molecule has 1 heterocycles. The van der Waals surface area contributed by atoms with E-state index >= 15 is 0 Å². The summed E-state index contributed by atoms with van der Waals surface area (Å²) < 4.78 is 37.6. The third kappa shape index (κ3) is 7.45. The summed E-state index contributed by atoms with van der Waals surface area (Å²) in [5, 5.41) is 3.45. The van der Waals surface area contributed by atoms with Crippen LogP contribution in [0.15, 0.2) is 72.8 Å². The van der Waals surface area contributed by atoms with Crippen molar-refractivity contribution < 1.29 is 27.5 Å². The first-order valence-corrected chi connectivity index (χ1v) is 15.0. The van der Waals surface area contributed by atoms with E-state index in [2.05, 4.69) is 5.32 Å². The number of sulfonamides is 1. The molecule has 1 aliphatic heterocycles. The SMILES string of the molecule is CC(C)NC(=O)[C@H](Cc1ccccc1)N(Cc1ccc(Cl)cc1)C(=O)CN(c1ccc2c(c1)OCO2)S(C)(=O)=O. The quantitative estimate of drug-likeness (QED) is 0.365. The minimum atomic E-state index is -3.89. The third-order valence-electron chi connectivity index (χ3n) is 6.29. The number of nitrogens with zero attached hydrogens (tertiary/aromatic N) is 2. The number of benzene rings is 3. The molecule has 0 aliphatic carbocycles. The fourth-order valence-corrected chi connectivity index (χ4v) is 5.34. The predicted molar refractivity (Wildman–Crippen MR) is 154 cm³/mol. The molecule has 1 atom stereocenters. The van der Waals surface area contributed by atoms with Crippen LogP contribution in [0.4, 0.5) is 5.69 Å². The smallest absolute Gasteiger partial charge is 0.244 e. The lowest BCUT2D eigenvalue weighted by Gasteiger charge is -2.34. The van der Waals surface area contributed by atoms with Gasteiger partial charge < -0.3 is 19.7 Å². The molecular formula is C29H32ClN3O6S. The van der Waals surface area contributed by atoms with Gasteiger partial charge in [-0.05, 0) is 49.2 Å². The van der Waals surface area contributed by atoms with E-state index < -0.39 is 28.5 Å². The van der Waals surface area contributed by atoms with Gasteiger partial charge in [0, 0.05) is 30.1 Å². The highest BCUT2D eigenvalue weighted by Crippen LogP contribution is 2.36. The molecular weight excluding hydrogens is 554 g/mol. The second kappa shape index (κ2) is 12.6. The molecule has 0 saturated carbocycles. The summed E-state index contributed by atoms with van der Waals surface area (Å²) in [6.45, 7) is 3.25. The Morgan fingerprint density at radius 3 is 2.27 bits per heavy atom. The molecule has 40 heavy (non-hydrogen) atoms. The van der Waals surface area contributed by atoms with Gasteiger partial charge in [0.1, 0.15) is 12.6 Å². The average molecular weight is 586 g/mol. The number of carbonyl (C=O) groups excluding carboxylic acids is 2. The summed E-state index contributed by atoms with van der Waals surface area (Å²) >= 11 is 6.08. The van der Waals surface area contributed by atoms with E-state index in [1.54, 1.807) is 36.4 Å². The van der Waals surface area contributed by atoms with Crippen molar-refractivity contribution in [3.63, 3.8) is 0 Å². The summed E-state index contributed by atoms with van der Waals surface area (Å²) in [5.41, 5.74) is 1.84. The fraction of sp³-hybridized carbons (Fsp3) is 0.310. The lowest BCUT2D eigenvalue weighted by atomic mass is 10.0. The zero-order valence-corrected chi connectivity index (χ0v) is 24.1. The molecule has 3 aromatic carbocycles. The van der Waals surface area contributed by atoms with Crippen molar-refractivity contribution in [3.05, 3.63) is 88.9 Å². The maximum atomic E-state index is 14.1. The zero-order chi connectivity index (χ0) is 28.9. The van der Waals surface area contributed by atoms with E-state index in [4.69, 9.17) is 21.1 Å². The molecule has 11 heteroatoms. The minimum Gasteiger partial charge on any atom is -0.454 e. The first kappa shape index (κ1) is 29.2. The number of fused-ring (bicyclic) bond motifs is 1. The Labute approximate surface area is 239 Å². The Hall–Kier alpha value is -3.76. The number of hydrogen-bond donors (Lipinski definition) is 1. The molecule has 212 valence electrons. The zero-order valence-electron chi connectivity index (χ0n) is 22.5. The molecule has 1 aliphatic rings. The van der Waals surface area contributed by atoms with Gasteiger partial charge in [0.2, 0.25) is 28.6 Å². The van der Waals surface area contributed by atoms with Crippen LogP contribution < -0.4 is 19.1 Å². The first-order valence-electron chi connectivity index (χ1n) is 12.8. The van der Waals surface area contributed by atoms with Crippen LogP contribution in [0.2, 0.25) is 5.02 Å². The fourth-order valence-electron chi connectivity index (χ4n) is 4.38. The molecule has 9 nitrogen and oxygen atoms in total. The molecule has 1 N–H and O–H groups in total.